The lowest BCUT2D eigenvalue weighted by Gasteiger charge is -2.37. The van der Waals surface area contributed by atoms with Crippen LogP contribution in [0.15, 0.2) is 18.2 Å². The van der Waals surface area contributed by atoms with Crippen LogP contribution in [-0.4, -0.2) is 59.6 Å². The van der Waals surface area contributed by atoms with Crippen LogP contribution in [0.5, 0.6) is 0 Å². The predicted molar refractivity (Wildman–Crippen MR) is 98.6 cm³/mol. The summed E-state index contributed by atoms with van der Waals surface area (Å²) in [6, 6.07) is 4.26. The second-order valence-electron chi connectivity index (χ2n) is 7.63. The van der Waals surface area contributed by atoms with E-state index in [0.717, 1.165) is 0 Å². The van der Waals surface area contributed by atoms with Gasteiger partial charge in [-0.25, -0.2) is 9.18 Å². The molecule has 0 bridgehead atoms. The summed E-state index contributed by atoms with van der Waals surface area (Å²) in [7, 11) is 0. The Balaban J connectivity index is 1.87. The van der Waals surface area contributed by atoms with Crippen LogP contribution in [0.25, 0.3) is 0 Å². The topological polar surface area (TPSA) is 61.9 Å². The van der Waals surface area contributed by atoms with Gasteiger partial charge in [0.25, 0.3) is 0 Å². The molecule has 1 atom stereocenters. The third kappa shape index (κ3) is 5.42. The highest BCUT2D eigenvalue weighted by Crippen LogP contribution is 2.16. The van der Waals surface area contributed by atoms with E-state index in [4.69, 9.17) is 4.74 Å². The third-order valence-corrected chi connectivity index (χ3v) is 4.33. The first-order chi connectivity index (χ1) is 12.1. The summed E-state index contributed by atoms with van der Waals surface area (Å²) in [5, 5.41) is 2.75. The Kier molecular flexibility index (Phi) is 6.23. The number of aryl methyl sites for hydroxylation is 1. The van der Waals surface area contributed by atoms with Gasteiger partial charge in [-0.15, -0.1) is 0 Å². The minimum absolute atomic E-state index is 0.195. The van der Waals surface area contributed by atoms with E-state index < -0.39 is 5.60 Å². The maximum absolute atomic E-state index is 13.6. The summed E-state index contributed by atoms with van der Waals surface area (Å²) >= 11 is 0. The largest absolute Gasteiger partial charge is 0.444 e. The lowest BCUT2D eigenvalue weighted by molar-refractivity contribution is -0.121. The summed E-state index contributed by atoms with van der Waals surface area (Å²) < 4.78 is 19.0. The number of benzene rings is 1. The molecule has 2 amide bonds. The fourth-order valence-corrected chi connectivity index (χ4v) is 2.70. The molecular formula is C19H28FN3O3. The first-order valence-corrected chi connectivity index (χ1v) is 8.86. The summed E-state index contributed by atoms with van der Waals surface area (Å²) in [6.45, 7) is 11.2. The van der Waals surface area contributed by atoms with Gasteiger partial charge in [0, 0.05) is 31.9 Å². The molecular weight excluding hydrogens is 337 g/mol. The van der Waals surface area contributed by atoms with Gasteiger partial charge in [0.2, 0.25) is 5.91 Å². The molecule has 1 fully saturated rings. The third-order valence-electron chi connectivity index (χ3n) is 4.33. The van der Waals surface area contributed by atoms with Gasteiger partial charge in [0.15, 0.2) is 0 Å². The molecule has 0 aliphatic carbocycles. The molecule has 1 saturated heterocycles. The molecule has 1 unspecified atom stereocenters. The van der Waals surface area contributed by atoms with Crippen molar-refractivity contribution in [1.29, 1.82) is 0 Å². The van der Waals surface area contributed by atoms with E-state index in [1.54, 1.807) is 24.0 Å². The fourth-order valence-electron chi connectivity index (χ4n) is 2.70. The van der Waals surface area contributed by atoms with Crippen molar-refractivity contribution < 1.29 is 18.7 Å². The molecule has 1 heterocycles. The molecule has 7 heteroatoms. The Morgan fingerprint density at radius 3 is 2.35 bits per heavy atom. The predicted octanol–water partition coefficient (Wildman–Crippen LogP) is 3.01. The maximum Gasteiger partial charge on any atom is 0.410 e. The van der Waals surface area contributed by atoms with E-state index in [0.29, 0.717) is 37.4 Å². The first-order valence-electron chi connectivity index (χ1n) is 8.86. The minimum atomic E-state index is -0.523. The zero-order chi connectivity index (χ0) is 19.5. The number of ether oxygens (including phenoxy) is 1. The molecule has 1 N–H and O–H groups in total. The minimum Gasteiger partial charge on any atom is -0.444 e. The van der Waals surface area contributed by atoms with E-state index in [9.17, 15) is 14.0 Å². The highest BCUT2D eigenvalue weighted by atomic mass is 19.1. The quantitative estimate of drug-likeness (QED) is 0.894. The number of amides is 2. The number of nitrogens with one attached hydrogen (secondary N) is 1. The molecule has 0 radical (unpaired) electrons. The number of halogens is 1. The number of hydrogen-bond acceptors (Lipinski definition) is 4. The van der Waals surface area contributed by atoms with E-state index in [-0.39, 0.29) is 23.9 Å². The van der Waals surface area contributed by atoms with Crippen LogP contribution >= 0.6 is 0 Å². The van der Waals surface area contributed by atoms with Crippen LogP contribution in [-0.2, 0) is 9.53 Å². The molecule has 1 aliphatic rings. The highest BCUT2D eigenvalue weighted by molar-refractivity contribution is 5.94. The Bertz CT molecular complexity index is 664. The van der Waals surface area contributed by atoms with Crippen LogP contribution < -0.4 is 5.32 Å². The summed E-state index contributed by atoms with van der Waals surface area (Å²) in [5.41, 5.74) is 0.455. The van der Waals surface area contributed by atoms with E-state index in [2.05, 4.69) is 5.32 Å². The Morgan fingerprint density at radius 1 is 1.19 bits per heavy atom. The van der Waals surface area contributed by atoms with Crippen molar-refractivity contribution >= 4 is 17.7 Å². The second-order valence-corrected chi connectivity index (χ2v) is 7.63. The molecule has 6 nitrogen and oxygen atoms in total. The van der Waals surface area contributed by atoms with Crippen molar-refractivity contribution in [2.45, 2.75) is 46.3 Å². The zero-order valence-corrected chi connectivity index (χ0v) is 16.1. The average molecular weight is 365 g/mol. The first kappa shape index (κ1) is 20.2. The van der Waals surface area contributed by atoms with Crippen LogP contribution in [0.3, 0.4) is 0 Å². The van der Waals surface area contributed by atoms with E-state index in [1.165, 1.54) is 6.07 Å². The Labute approximate surface area is 154 Å². The lowest BCUT2D eigenvalue weighted by atomic mass is 10.2. The van der Waals surface area contributed by atoms with Gasteiger partial charge in [0.1, 0.15) is 11.4 Å². The zero-order valence-electron chi connectivity index (χ0n) is 16.1. The molecule has 144 valence electrons. The number of piperazine rings is 1. The van der Waals surface area contributed by atoms with Gasteiger partial charge in [-0.3, -0.25) is 9.69 Å². The Hall–Kier alpha value is -2.15. The molecule has 0 saturated carbocycles. The van der Waals surface area contributed by atoms with Crippen LogP contribution in [0.4, 0.5) is 14.9 Å². The lowest BCUT2D eigenvalue weighted by Crippen LogP contribution is -2.54. The molecule has 0 spiro atoms. The van der Waals surface area contributed by atoms with Crippen LogP contribution in [0.2, 0.25) is 0 Å². The average Bonchev–Trinajstić information content (AvgIpc) is 2.56. The Morgan fingerprint density at radius 2 is 1.81 bits per heavy atom. The summed E-state index contributed by atoms with van der Waals surface area (Å²) in [6.07, 6.45) is -0.329. The van der Waals surface area contributed by atoms with E-state index >= 15 is 0 Å². The number of hydrogen-bond donors (Lipinski definition) is 1. The van der Waals surface area contributed by atoms with Gasteiger partial charge >= 0.3 is 6.09 Å². The van der Waals surface area contributed by atoms with Crippen molar-refractivity contribution in [3.8, 4) is 0 Å². The number of anilines is 1. The normalized spacial score (nSPS) is 16.9. The van der Waals surface area contributed by atoms with Gasteiger partial charge in [0.05, 0.1) is 6.04 Å². The SMILES string of the molecule is Cc1ccc(NC(=O)C(C)N2CCN(C(=O)OC(C)(C)C)CC2)cc1F. The van der Waals surface area contributed by atoms with Gasteiger partial charge in [-0.2, -0.15) is 0 Å². The number of nitrogens with zero attached hydrogens (tertiary/aromatic N) is 2. The summed E-state index contributed by atoms with van der Waals surface area (Å²) in [4.78, 5) is 28.2. The van der Waals surface area contributed by atoms with Crippen LogP contribution in [0.1, 0.15) is 33.3 Å². The van der Waals surface area contributed by atoms with Crippen molar-refractivity contribution in [2.24, 2.45) is 0 Å². The molecule has 26 heavy (non-hydrogen) atoms. The summed E-state index contributed by atoms with van der Waals surface area (Å²) in [5.74, 6) is -0.541. The van der Waals surface area contributed by atoms with Crippen LogP contribution in [0, 0.1) is 12.7 Å². The van der Waals surface area contributed by atoms with E-state index in [1.807, 2.05) is 32.6 Å². The number of rotatable bonds is 3. The fraction of sp³-hybridized carbons (Fsp3) is 0.579. The molecule has 1 aromatic rings. The highest BCUT2D eigenvalue weighted by Gasteiger charge is 2.29. The van der Waals surface area contributed by atoms with Crippen molar-refractivity contribution in [1.82, 2.24) is 9.80 Å². The monoisotopic (exact) mass is 365 g/mol. The van der Waals surface area contributed by atoms with Crippen molar-refractivity contribution in [3.05, 3.63) is 29.6 Å². The standard InChI is InChI=1S/C19H28FN3O3/c1-13-6-7-15(12-16(13)20)21-17(24)14(2)22-8-10-23(11-9-22)18(25)26-19(3,4)5/h6-7,12,14H,8-11H2,1-5H3,(H,21,24). The molecule has 1 aromatic carbocycles. The smallest absolute Gasteiger partial charge is 0.410 e. The molecule has 1 aliphatic heterocycles. The maximum atomic E-state index is 13.6. The molecule has 2 rings (SSSR count). The molecule has 0 aromatic heterocycles. The van der Waals surface area contributed by atoms with Gasteiger partial charge < -0.3 is 15.0 Å². The second kappa shape index (κ2) is 8.03. The van der Waals surface area contributed by atoms with Gasteiger partial charge in [-0.1, -0.05) is 6.07 Å². The number of carbonyl (C=O) groups excluding carboxylic acids is 2. The van der Waals surface area contributed by atoms with Crippen molar-refractivity contribution in [3.63, 3.8) is 0 Å². The number of carbonyl (C=O) groups is 2. The van der Waals surface area contributed by atoms with Gasteiger partial charge in [-0.05, 0) is 52.3 Å². The van der Waals surface area contributed by atoms with Crippen molar-refractivity contribution in [2.75, 3.05) is 31.5 Å².